The van der Waals surface area contributed by atoms with E-state index in [-0.39, 0.29) is 6.61 Å². The van der Waals surface area contributed by atoms with Crippen LogP contribution in [0.15, 0.2) is 24.3 Å². The van der Waals surface area contributed by atoms with Gasteiger partial charge in [0.2, 0.25) is 0 Å². The molecule has 0 aliphatic heterocycles. The summed E-state index contributed by atoms with van der Waals surface area (Å²) in [5.74, 6) is 1.61. The molecule has 1 aliphatic rings. The van der Waals surface area contributed by atoms with Crippen LogP contribution in [-0.2, 0) is 0 Å². The standard InChI is InChI=1S/C15H22O2/c16-11-12-17-15-10-6-5-9-14(15)13-7-3-1-2-4-8-13/h5-6,9-10,13,16H,1-4,7-8,11-12H2. The summed E-state index contributed by atoms with van der Waals surface area (Å²) in [7, 11) is 0. The zero-order valence-electron chi connectivity index (χ0n) is 10.4. The SMILES string of the molecule is OCCOc1ccccc1C1CCCCCC1. The van der Waals surface area contributed by atoms with Gasteiger partial charge >= 0.3 is 0 Å². The summed E-state index contributed by atoms with van der Waals surface area (Å²) < 4.78 is 5.63. The van der Waals surface area contributed by atoms with Crippen molar-refractivity contribution < 1.29 is 9.84 Å². The lowest BCUT2D eigenvalue weighted by molar-refractivity contribution is 0.199. The lowest BCUT2D eigenvalue weighted by Crippen LogP contribution is -2.06. The molecule has 2 heteroatoms. The molecule has 0 heterocycles. The van der Waals surface area contributed by atoms with Crippen molar-refractivity contribution in [3.63, 3.8) is 0 Å². The van der Waals surface area contributed by atoms with Crippen LogP contribution in [0, 0.1) is 0 Å². The van der Waals surface area contributed by atoms with Gasteiger partial charge in [-0.05, 0) is 30.4 Å². The van der Waals surface area contributed by atoms with Gasteiger partial charge in [0.25, 0.3) is 0 Å². The van der Waals surface area contributed by atoms with Gasteiger partial charge in [0.15, 0.2) is 0 Å². The molecular formula is C15H22O2. The first-order chi connectivity index (χ1) is 8.42. The average Bonchev–Trinajstić information content (AvgIpc) is 2.65. The fraction of sp³-hybridized carbons (Fsp3) is 0.600. The molecule has 0 aromatic heterocycles. The van der Waals surface area contributed by atoms with Crippen LogP contribution in [0.3, 0.4) is 0 Å². The molecule has 0 bridgehead atoms. The van der Waals surface area contributed by atoms with Gasteiger partial charge in [0, 0.05) is 0 Å². The number of aliphatic hydroxyl groups is 1. The van der Waals surface area contributed by atoms with Crippen molar-refractivity contribution in [2.75, 3.05) is 13.2 Å². The minimum atomic E-state index is 0.0823. The fourth-order valence-electron chi connectivity index (χ4n) is 2.70. The largest absolute Gasteiger partial charge is 0.491 e. The second-order valence-electron chi connectivity index (χ2n) is 4.80. The highest BCUT2D eigenvalue weighted by atomic mass is 16.5. The molecule has 0 saturated heterocycles. The van der Waals surface area contributed by atoms with Crippen molar-refractivity contribution in [3.8, 4) is 5.75 Å². The number of hydrogen-bond donors (Lipinski definition) is 1. The predicted molar refractivity (Wildman–Crippen MR) is 69.5 cm³/mol. The third kappa shape index (κ3) is 3.47. The van der Waals surface area contributed by atoms with Crippen LogP contribution in [0.2, 0.25) is 0 Å². The molecule has 1 aromatic rings. The van der Waals surface area contributed by atoms with E-state index >= 15 is 0 Å². The van der Waals surface area contributed by atoms with E-state index < -0.39 is 0 Å². The van der Waals surface area contributed by atoms with Crippen LogP contribution in [0.5, 0.6) is 5.75 Å². The quantitative estimate of drug-likeness (QED) is 0.808. The monoisotopic (exact) mass is 234 g/mol. The summed E-state index contributed by atoms with van der Waals surface area (Å²) in [5, 5.41) is 8.85. The first-order valence-corrected chi connectivity index (χ1v) is 6.74. The number of hydrogen-bond acceptors (Lipinski definition) is 2. The number of para-hydroxylation sites is 1. The summed E-state index contributed by atoms with van der Waals surface area (Å²) in [6, 6.07) is 8.30. The number of benzene rings is 1. The molecule has 0 spiro atoms. The van der Waals surface area contributed by atoms with E-state index in [0.29, 0.717) is 12.5 Å². The summed E-state index contributed by atoms with van der Waals surface area (Å²) >= 11 is 0. The predicted octanol–water partition coefficient (Wildman–Crippen LogP) is 3.50. The first kappa shape index (κ1) is 12.4. The molecule has 0 amide bonds. The molecule has 1 fully saturated rings. The topological polar surface area (TPSA) is 29.5 Å². The maximum atomic E-state index is 8.85. The van der Waals surface area contributed by atoms with Crippen molar-refractivity contribution in [1.29, 1.82) is 0 Å². The molecule has 2 nitrogen and oxygen atoms in total. The Morgan fingerprint density at radius 3 is 2.47 bits per heavy atom. The molecule has 0 atom stereocenters. The Morgan fingerprint density at radius 2 is 1.76 bits per heavy atom. The van der Waals surface area contributed by atoms with E-state index in [2.05, 4.69) is 12.1 Å². The van der Waals surface area contributed by atoms with Gasteiger partial charge in [0.1, 0.15) is 12.4 Å². The van der Waals surface area contributed by atoms with Crippen LogP contribution in [0.25, 0.3) is 0 Å². The minimum absolute atomic E-state index is 0.0823. The van der Waals surface area contributed by atoms with Gasteiger partial charge in [-0.15, -0.1) is 0 Å². The van der Waals surface area contributed by atoms with Crippen molar-refractivity contribution in [1.82, 2.24) is 0 Å². The van der Waals surface area contributed by atoms with E-state index in [1.54, 1.807) is 0 Å². The molecule has 2 rings (SSSR count). The smallest absolute Gasteiger partial charge is 0.122 e. The van der Waals surface area contributed by atoms with Crippen LogP contribution >= 0.6 is 0 Å². The highest BCUT2D eigenvalue weighted by Gasteiger charge is 2.17. The molecule has 0 unspecified atom stereocenters. The van der Waals surface area contributed by atoms with Crippen LogP contribution in [-0.4, -0.2) is 18.3 Å². The lowest BCUT2D eigenvalue weighted by Gasteiger charge is -2.18. The number of ether oxygens (including phenoxy) is 1. The number of rotatable bonds is 4. The molecule has 0 radical (unpaired) electrons. The Kier molecular flexibility index (Phi) is 4.87. The second kappa shape index (κ2) is 6.65. The Hall–Kier alpha value is -1.02. The molecular weight excluding hydrogens is 212 g/mol. The first-order valence-electron chi connectivity index (χ1n) is 6.74. The molecule has 17 heavy (non-hydrogen) atoms. The lowest BCUT2D eigenvalue weighted by atomic mass is 9.91. The highest BCUT2D eigenvalue weighted by molar-refractivity contribution is 5.36. The van der Waals surface area contributed by atoms with Gasteiger partial charge in [-0.1, -0.05) is 43.9 Å². The summed E-state index contributed by atoms with van der Waals surface area (Å²) in [6.07, 6.45) is 7.96. The zero-order chi connectivity index (χ0) is 11.9. The van der Waals surface area contributed by atoms with Gasteiger partial charge in [-0.3, -0.25) is 0 Å². The van der Waals surface area contributed by atoms with Crippen LogP contribution in [0.1, 0.15) is 50.0 Å². The molecule has 1 aliphatic carbocycles. The molecule has 1 aromatic carbocycles. The van der Waals surface area contributed by atoms with Gasteiger partial charge in [-0.25, -0.2) is 0 Å². The summed E-state index contributed by atoms with van der Waals surface area (Å²) in [6.45, 7) is 0.475. The Bertz CT molecular complexity index is 327. The number of aliphatic hydroxyl groups excluding tert-OH is 1. The van der Waals surface area contributed by atoms with Crippen molar-refractivity contribution in [2.24, 2.45) is 0 Å². The minimum Gasteiger partial charge on any atom is -0.491 e. The zero-order valence-corrected chi connectivity index (χ0v) is 10.4. The molecule has 1 saturated carbocycles. The van der Waals surface area contributed by atoms with Gasteiger partial charge in [0.05, 0.1) is 6.61 Å². The van der Waals surface area contributed by atoms with Crippen molar-refractivity contribution in [3.05, 3.63) is 29.8 Å². The fourth-order valence-corrected chi connectivity index (χ4v) is 2.70. The van der Waals surface area contributed by atoms with Crippen molar-refractivity contribution >= 4 is 0 Å². The summed E-state index contributed by atoms with van der Waals surface area (Å²) in [4.78, 5) is 0. The normalized spacial score (nSPS) is 17.7. The van der Waals surface area contributed by atoms with Crippen molar-refractivity contribution in [2.45, 2.75) is 44.4 Å². The Labute approximate surface area is 104 Å². The van der Waals surface area contributed by atoms with E-state index in [9.17, 15) is 0 Å². The maximum Gasteiger partial charge on any atom is 0.122 e. The van der Waals surface area contributed by atoms with E-state index in [4.69, 9.17) is 9.84 Å². The Morgan fingerprint density at radius 1 is 1.06 bits per heavy atom. The van der Waals surface area contributed by atoms with E-state index in [1.807, 2.05) is 12.1 Å². The van der Waals surface area contributed by atoms with Gasteiger partial charge < -0.3 is 9.84 Å². The third-order valence-electron chi connectivity index (χ3n) is 3.56. The maximum absolute atomic E-state index is 8.85. The third-order valence-corrected chi connectivity index (χ3v) is 3.56. The highest BCUT2D eigenvalue weighted by Crippen LogP contribution is 2.36. The Balaban J connectivity index is 2.11. The van der Waals surface area contributed by atoms with Crippen LogP contribution in [0.4, 0.5) is 0 Å². The van der Waals surface area contributed by atoms with E-state index in [0.717, 1.165) is 5.75 Å². The summed E-state index contributed by atoms with van der Waals surface area (Å²) in [5.41, 5.74) is 1.34. The van der Waals surface area contributed by atoms with E-state index in [1.165, 1.54) is 44.1 Å². The molecule has 94 valence electrons. The average molecular weight is 234 g/mol. The molecule has 1 N–H and O–H groups in total. The van der Waals surface area contributed by atoms with Gasteiger partial charge in [-0.2, -0.15) is 0 Å². The van der Waals surface area contributed by atoms with Crippen LogP contribution < -0.4 is 4.74 Å². The second-order valence-corrected chi connectivity index (χ2v) is 4.80.